The quantitative estimate of drug-likeness (QED) is 0.636. The Balaban J connectivity index is 2.01. The van der Waals surface area contributed by atoms with Crippen LogP contribution in [0.25, 0.3) is 0 Å². The molecule has 14 heavy (non-hydrogen) atoms. The van der Waals surface area contributed by atoms with Gasteiger partial charge in [0.15, 0.2) is 0 Å². The van der Waals surface area contributed by atoms with Crippen LogP contribution in [0.15, 0.2) is 0 Å². The number of hydrogen-bond donors (Lipinski definition) is 2. The van der Waals surface area contributed by atoms with Gasteiger partial charge in [-0.15, -0.1) is 0 Å². The molecule has 1 saturated heterocycles. The van der Waals surface area contributed by atoms with Gasteiger partial charge in [-0.25, -0.2) is 0 Å². The molecule has 0 spiro atoms. The van der Waals surface area contributed by atoms with E-state index in [1.54, 1.807) is 0 Å². The smallest absolute Gasteiger partial charge is 0.317 e. The number of nitrogens with one attached hydrogen (secondary N) is 1. The SMILES string of the molecule is O=C(O)CNCCN1CCCCCC1. The van der Waals surface area contributed by atoms with Crippen molar-refractivity contribution >= 4 is 5.97 Å². The van der Waals surface area contributed by atoms with Crippen LogP contribution in [0, 0.1) is 0 Å². The van der Waals surface area contributed by atoms with Crippen LogP contribution >= 0.6 is 0 Å². The van der Waals surface area contributed by atoms with Crippen LogP contribution in [-0.2, 0) is 4.79 Å². The zero-order chi connectivity index (χ0) is 10.2. The highest BCUT2D eigenvalue weighted by Crippen LogP contribution is 2.08. The summed E-state index contributed by atoms with van der Waals surface area (Å²) in [4.78, 5) is 12.6. The van der Waals surface area contributed by atoms with E-state index < -0.39 is 5.97 Å². The standard InChI is InChI=1S/C10H20N2O2/c13-10(14)9-11-5-8-12-6-3-1-2-4-7-12/h11H,1-9H2,(H,13,14). The van der Waals surface area contributed by atoms with Gasteiger partial charge in [0, 0.05) is 13.1 Å². The Morgan fingerprint density at radius 3 is 2.43 bits per heavy atom. The number of hydrogen-bond acceptors (Lipinski definition) is 3. The molecule has 0 unspecified atom stereocenters. The minimum absolute atomic E-state index is 0.0772. The Bertz CT molecular complexity index is 166. The molecule has 0 aromatic rings. The van der Waals surface area contributed by atoms with Crippen LogP contribution in [0.1, 0.15) is 25.7 Å². The van der Waals surface area contributed by atoms with E-state index in [0.717, 1.165) is 13.1 Å². The van der Waals surface area contributed by atoms with Crippen molar-refractivity contribution < 1.29 is 9.90 Å². The molecule has 4 nitrogen and oxygen atoms in total. The van der Waals surface area contributed by atoms with Crippen molar-refractivity contribution in [2.24, 2.45) is 0 Å². The van der Waals surface area contributed by atoms with Gasteiger partial charge in [0.05, 0.1) is 6.54 Å². The predicted octanol–water partition coefficient (Wildman–Crippen LogP) is 0.537. The molecular formula is C10H20N2O2. The lowest BCUT2D eigenvalue weighted by atomic mass is 10.2. The van der Waals surface area contributed by atoms with E-state index >= 15 is 0 Å². The number of carboxylic acids is 1. The largest absolute Gasteiger partial charge is 0.480 e. The van der Waals surface area contributed by atoms with Crippen molar-refractivity contribution in [1.29, 1.82) is 0 Å². The number of carboxylic acid groups (broad SMARTS) is 1. The number of rotatable bonds is 5. The van der Waals surface area contributed by atoms with Crippen LogP contribution in [0.4, 0.5) is 0 Å². The first-order valence-corrected chi connectivity index (χ1v) is 5.44. The van der Waals surface area contributed by atoms with Crippen LogP contribution in [-0.4, -0.2) is 48.7 Å². The van der Waals surface area contributed by atoms with Gasteiger partial charge in [0.2, 0.25) is 0 Å². The van der Waals surface area contributed by atoms with E-state index in [9.17, 15) is 4.79 Å². The molecule has 0 radical (unpaired) electrons. The lowest BCUT2D eigenvalue weighted by Crippen LogP contribution is -2.34. The van der Waals surface area contributed by atoms with Crippen molar-refractivity contribution in [2.75, 3.05) is 32.7 Å². The summed E-state index contributed by atoms with van der Waals surface area (Å²) < 4.78 is 0. The molecule has 0 aromatic carbocycles. The maximum atomic E-state index is 10.2. The van der Waals surface area contributed by atoms with E-state index in [4.69, 9.17) is 5.11 Å². The second-order valence-electron chi connectivity index (χ2n) is 3.83. The number of likely N-dealkylation sites (tertiary alicyclic amines) is 1. The maximum Gasteiger partial charge on any atom is 0.317 e. The second-order valence-corrected chi connectivity index (χ2v) is 3.83. The first-order chi connectivity index (χ1) is 6.79. The molecule has 0 bridgehead atoms. The van der Waals surface area contributed by atoms with Gasteiger partial charge in [0.25, 0.3) is 0 Å². The third kappa shape index (κ3) is 5.19. The molecule has 0 amide bonds. The first kappa shape index (κ1) is 11.5. The molecule has 1 heterocycles. The Hall–Kier alpha value is -0.610. The topological polar surface area (TPSA) is 52.6 Å². The summed E-state index contributed by atoms with van der Waals surface area (Å²) in [5.41, 5.74) is 0. The van der Waals surface area contributed by atoms with E-state index in [1.807, 2.05) is 0 Å². The van der Waals surface area contributed by atoms with Crippen LogP contribution in [0.3, 0.4) is 0 Å². The van der Waals surface area contributed by atoms with Crippen molar-refractivity contribution in [3.8, 4) is 0 Å². The second kappa shape index (κ2) is 6.79. The molecule has 0 aromatic heterocycles. The van der Waals surface area contributed by atoms with E-state index in [1.165, 1.54) is 38.8 Å². The molecule has 4 heteroatoms. The Kier molecular flexibility index (Phi) is 5.56. The van der Waals surface area contributed by atoms with E-state index in [2.05, 4.69) is 10.2 Å². The highest BCUT2D eigenvalue weighted by Gasteiger charge is 2.07. The highest BCUT2D eigenvalue weighted by molar-refractivity contribution is 5.68. The van der Waals surface area contributed by atoms with Gasteiger partial charge in [-0.1, -0.05) is 12.8 Å². The lowest BCUT2D eigenvalue weighted by Gasteiger charge is -2.19. The molecule has 0 atom stereocenters. The van der Waals surface area contributed by atoms with Crippen molar-refractivity contribution in [1.82, 2.24) is 10.2 Å². The Labute approximate surface area is 85.3 Å². The zero-order valence-corrected chi connectivity index (χ0v) is 8.67. The van der Waals surface area contributed by atoms with Gasteiger partial charge in [0.1, 0.15) is 0 Å². The molecular weight excluding hydrogens is 180 g/mol. The minimum Gasteiger partial charge on any atom is -0.480 e. The minimum atomic E-state index is -0.777. The van der Waals surface area contributed by atoms with Crippen LogP contribution in [0.5, 0.6) is 0 Å². The van der Waals surface area contributed by atoms with Crippen LogP contribution < -0.4 is 5.32 Å². The lowest BCUT2D eigenvalue weighted by molar-refractivity contribution is -0.135. The average Bonchev–Trinajstić information content (AvgIpc) is 2.40. The Morgan fingerprint density at radius 2 is 1.86 bits per heavy atom. The van der Waals surface area contributed by atoms with Gasteiger partial charge < -0.3 is 15.3 Å². The Morgan fingerprint density at radius 1 is 1.21 bits per heavy atom. The molecule has 82 valence electrons. The fourth-order valence-corrected chi connectivity index (χ4v) is 1.79. The van der Waals surface area contributed by atoms with Gasteiger partial charge >= 0.3 is 5.97 Å². The monoisotopic (exact) mass is 200 g/mol. The number of aliphatic carboxylic acids is 1. The van der Waals surface area contributed by atoms with Crippen molar-refractivity contribution in [2.45, 2.75) is 25.7 Å². The zero-order valence-electron chi connectivity index (χ0n) is 8.67. The summed E-state index contributed by atoms with van der Waals surface area (Å²) >= 11 is 0. The average molecular weight is 200 g/mol. The fraction of sp³-hybridized carbons (Fsp3) is 0.900. The maximum absolute atomic E-state index is 10.2. The predicted molar refractivity (Wildman–Crippen MR) is 55.4 cm³/mol. The first-order valence-electron chi connectivity index (χ1n) is 5.44. The number of nitrogens with zero attached hydrogens (tertiary/aromatic N) is 1. The van der Waals surface area contributed by atoms with Crippen molar-refractivity contribution in [3.63, 3.8) is 0 Å². The van der Waals surface area contributed by atoms with E-state index in [-0.39, 0.29) is 6.54 Å². The normalized spacial score (nSPS) is 19.1. The molecule has 1 aliphatic rings. The summed E-state index contributed by atoms with van der Waals surface area (Å²) in [6, 6.07) is 0. The van der Waals surface area contributed by atoms with Crippen LogP contribution in [0.2, 0.25) is 0 Å². The van der Waals surface area contributed by atoms with Gasteiger partial charge in [-0.2, -0.15) is 0 Å². The summed E-state index contributed by atoms with van der Waals surface area (Å²) in [5.74, 6) is -0.777. The highest BCUT2D eigenvalue weighted by atomic mass is 16.4. The van der Waals surface area contributed by atoms with Gasteiger partial charge in [-0.3, -0.25) is 4.79 Å². The summed E-state index contributed by atoms with van der Waals surface area (Å²) in [7, 11) is 0. The molecule has 1 rings (SSSR count). The number of carbonyl (C=O) groups is 1. The van der Waals surface area contributed by atoms with Crippen molar-refractivity contribution in [3.05, 3.63) is 0 Å². The molecule has 1 fully saturated rings. The summed E-state index contributed by atoms with van der Waals surface area (Å²) in [6.45, 7) is 4.19. The third-order valence-electron chi connectivity index (χ3n) is 2.58. The molecule has 1 aliphatic heterocycles. The van der Waals surface area contributed by atoms with Gasteiger partial charge in [-0.05, 0) is 25.9 Å². The third-order valence-corrected chi connectivity index (χ3v) is 2.58. The molecule has 0 saturated carbocycles. The summed E-state index contributed by atoms with van der Waals surface area (Å²) in [5, 5.41) is 11.3. The fourth-order valence-electron chi connectivity index (χ4n) is 1.79. The van der Waals surface area contributed by atoms with E-state index in [0.29, 0.717) is 0 Å². The molecule has 0 aliphatic carbocycles. The summed E-state index contributed by atoms with van der Waals surface area (Å²) in [6.07, 6.45) is 5.27. The molecule has 2 N–H and O–H groups in total.